The van der Waals surface area contributed by atoms with Gasteiger partial charge in [0.1, 0.15) is 10.6 Å². The molecule has 0 aliphatic rings. The van der Waals surface area contributed by atoms with Gasteiger partial charge in [0.05, 0.1) is 6.54 Å². The van der Waals surface area contributed by atoms with Crippen molar-refractivity contribution in [2.75, 3.05) is 13.6 Å². The van der Waals surface area contributed by atoms with E-state index in [9.17, 15) is 13.2 Å². The molecule has 0 heterocycles. The van der Waals surface area contributed by atoms with Crippen LogP contribution in [0.3, 0.4) is 0 Å². The van der Waals surface area contributed by atoms with Gasteiger partial charge in [-0.2, -0.15) is 8.42 Å². The first-order chi connectivity index (χ1) is 10.0. The summed E-state index contributed by atoms with van der Waals surface area (Å²) in [5, 5.41) is 2.76. The second-order valence-corrected chi connectivity index (χ2v) is 5.87. The van der Waals surface area contributed by atoms with Gasteiger partial charge in [0, 0.05) is 5.56 Å². The second-order valence-electron chi connectivity index (χ2n) is 4.33. The third-order valence-electron chi connectivity index (χ3n) is 2.75. The third kappa shape index (κ3) is 3.90. The van der Waals surface area contributed by atoms with Crippen molar-refractivity contribution in [2.24, 2.45) is 0 Å². The summed E-state index contributed by atoms with van der Waals surface area (Å²) >= 11 is 0. The summed E-state index contributed by atoms with van der Waals surface area (Å²) in [6.07, 6.45) is 0. The number of ketones is 1. The summed E-state index contributed by atoms with van der Waals surface area (Å²) in [6.45, 7) is 0.225. The molecule has 0 unspecified atom stereocenters. The SMILES string of the molecule is CNCC(=O)c1ccc(OS(=O)(=O)c2ccccc2)cc1. The van der Waals surface area contributed by atoms with E-state index >= 15 is 0 Å². The Morgan fingerprint density at radius 2 is 1.67 bits per heavy atom. The summed E-state index contributed by atoms with van der Waals surface area (Å²) in [6, 6.07) is 13.9. The van der Waals surface area contributed by atoms with E-state index in [1.807, 2.05) is 0 Å². The highest BCUT2D eigenvalue weighted by Crippen LogP contribution is 2.19. The highest BCUT2D eigenvalue weighted by Gasteiger charge is 2.16. The maximum atomic E-state index is 12.0. The van der Waals surface area contributed by atoms with Crippen LogP contribution in [-0.4, -0.2) is 27.8 Å². The largest absolute Gasteiger partial charge is 0.379 e. The molecule has 0 saturated heterocycles. The summed E-state index contributed by atoms with van der Waals surface area (Å²) in [5.41, 5.74) is 0.494. The van der Waals surface area contributed by atoms with Crippen molar-refractivity contribution in [1.29, 1.82) is 0 Å². The van der Waals surface area contributed by atoms with Gasteiger partial charge in [-0.15, -0.1) is 0 Å². The first kappa shape index (κ1) is 15.2. The molecule has 6 heteroatoms. The lowest BCUT2D eigenvalue weighted by Crippen LogP contribution is -2.18. The topological polar surface area (TPSA) is 72.5 Å². The molecule has 0 aromatic heterocycles. The van der Waals surface area contributed by atoms with Crippen LogP contribution < -0.4 is 9.50 Å². The quantitative estimate of drug-likeness (QED) is 0.651. The van der Waals surface area contributed by atoms with Crippen molar-refractivity contribution in [1.82, 2.24) is 5.32 Å². The molecule has 0 saturated carbocycles. The molecule has 0 aliphatic carbocycles. The number of benzene rings is 2. The Morgan fingerprint density at radius 3 is 2.24 bits per heavy atom. The molecule has 110 valence electrons. The van der Waals surface area contributed by atoms with Gasteiger partial charge < -0.3 is 9.50 Å². The molecule has 21 heavy (non-hydrogen) atoms. The van der Waals surface area contributed by atoms with Crippen molar-refractivity contribution in [2.45, 2.75) is 4.90 Å². The van der Waals surface area contributed by atoms with Crippen LogP contribution in [0.4, 0.5) is 0 Å². The van der Waals surface area contributed by atoms with Crippen LogP contribution in [0.5, 0.6) is 5.75 Å². The van der Waals surface area contributed by atoms with E-state index in [1.54, 1.807) is 25.2 Å². The van der Waals surface area contributed by atoms with E-state index in [1.165, 1.54) is 36.4 Å². The molecular formula is C15H15NO4S. The van der Waals surface area contributed by atoms with Gasteiger partial charge in [-0.05, 0) is 43.4 Å². The predicted octanol–water partition coefficient (Wildman–Crippen LogP) is 1.86. The van der Waals surface area contributed by atoms with E-state index in [4.69, 9.17) is 4.18 Å². The predicted molar refractivity (Wildman–Crippen MR) is 79.0 cm³/mol. The minimum atomic E-state index is -3.85. The molecule has 1 N–H and O–H groups in total. The fourth-order valence-corrected chi connectivity index (χ4v) is 2.67. The Morgan fingerprint density at radius 1 is 1.05 bits per heavy atom. The molecule has 0 bridgehead atoms. The molecule has 2 aromatic rings. The number of carbonyl (C=O) groups is 1. The molecular weight excluding hydrogens is 290 g/mol. The van der Waals surface area contributed by atoms with Crippen LogP contribution in [0.15, 0.2) is 59.5 Å². The van der Waals surface area contributed by atoms with E-state index in [-0.39, 0.29) is 23.0 Å². The number of Topliss-reactive ketones (excluding diaryl/α,β-unsaturated/α-hetero) is 1. The molecule has 0 radical (unpaired) electrons. The number of carbonyl (C=O) groups excluding carboxylic acids is 1. The van der Waals surface area contributed by atoms with Crippen LogP contribution in [-0.2, 0) is 10.1 Å². The van der Waals surface area contributed by atoms with Gasteiger partial charge in [-0.1, -0.05) is 18.2 Å². The lowest BCUT2D eigenvalue weighted by atomic mass is 10.1. The first-order valence-electron chi connectivity index (χ1n) is 6.30. The zero-order chi connectivity index (χ0) is 15.3. The van der Waals surface area contributed by atoms with Crippen molar-refractivity contribution in [3.63, 3.8) is 0 Å². The lowest BCUT2D eigenvalue weighted by molar-refractivity contribution is 0.0993. The Labute approximate surface area is 123 Å². The van der Waals surface area contributed by atoms with Gasteiger partial charge in [0.25, 0.3) is 0 Å². The smallest absolute Gasteiger partial charge is 0.339 e. The maximum absolute atomic E-state index is 12.0. The summed E-state index contributed by atoms with van der Waals surface area (Å²) < 4.78 is 29.1. The van der Waals surface area contributed by atoms with Crippen LogP contribution in [0.1, 0.15) is 10.4 Å². The molecule has 2 rings (SSSR count). The van der Waals surface area contributed by atoms with Crippen LogP contribution in [0.2, 0.25) is 0 Å². The summed E-state index contributed by atoms with van der Waals surface area (Å²) in [7, 11) is -2.17. The number of hydrogen-bond acceptors (Lipinski definition) is 5. The highest BCUT2D eigenvalue weighted by molar-refractivity contribution is 7.87. The monoisotopic (exact) mass is 305 g/mol. The van der Waals surface area contributed by atoms with E-state index in [0.717, 1.165) is 0 Å². The van der Waals surface area contributed by atoms with E-state index in [0.29, 0.717) is 5.56 Å². The molecule has 0 aliphatic heterocycles. The zero-order valence-corrected chi connectivity index (χ0v) is 12.3. The van der Waals surface area contributed by atoms with Crippen LogP contribution in [0.25, 0.3) is 0 Å². The van der Waals surface area contributed by atoms with Gasteiger partial charge in [0.2, 0.25) is 0 Å². The Hall–Kier alpha value is -2.18. The van der Waals surface area contributed by atoms with Crippen molar-refractivity contribution >= 4 is 15.9 Å². The number of hydrogen-bond donors (Lipinski definition) is 1. The number of nitrogens with one attached hydrogen (secondary N) is 1. The van der Waals surface area contributed by atoms with Gasteiger partial charge in [-0.25, -0.2) is 0 Å². The Bertz CT molecular complexity index is 709. The highest BCUT2D eigenvalue weighted by atomic mass is 32.2. The van der Waals surface area contributed by atoms with Gasteiger partial charge in [0.15, 0.2) is 5.78 Å². The van der Waals surface area contributed by atoms with E-state index < -0.39 is 10.1 Å². The zero-order valence-electron chi connectivity index (χ0n) is 11.4. The second kappa shape index (κ2) is 6.51. The molecule has 0 amide bonds. The molecule has 2 aromatic carbocycles. The first-order valence-corrected chi connectivity index (χ1v) is 7.71. The number of likely N-dealkylation sites (N-methyl/N-ethyl adjacent to an activating group) is 1. The van der Waals surface area contributed by atoms with Crippen molar-refractivity contribution in [3.05, 3.63) is 60.2 Å². The molecule has 0 spiro atoms. The summed E-state index contributed by atoms with van der Waals surface area (Å²) in [5.74, 6) is 0.0924. The minimum Gasteiger partial charge on any atom is -0.379 e. The average Bonchev–Trinajstić information content (AvgIpc) is 2.49. The van der Waals surface area contributed by atoms with E-state index in [2.05, 4.69) is 5.32 Å². The van der Waals surface area contributed by atoms with Gasteiger partial charge in [-0.3, -0.25) is 4.79 Å². The van der Waals surface area contributed by atoms with Gasteiger partial charge >= 0.3 is 10.1 Å². The minimum absolute atomic E-state index is 0.0741. The lowest BCUT2D eigenvalue weighted by Gasteiger charge is -2.07. The number of rotatable bonds is 6. The fraction of sp³-hybridized carbons (Fsp3) is 0.133. The summed E-state index contributed by atoms with van der Waals surface area (Å²) in [4.78, 5) is 11.7. The fourth-order valence-electron chi connectivity index (χ4n) is 1.72. The molecule has 0 fully saturated rings. The standard InChI is InChI=1S/C15H15NO4S/c1-16-11-15(17)12-7-9-13(10-8-12)20-21(18,19)14-5-3-2-4-6-14/h2-10,16H,11H2,1H3. The van der Waals surface area contributed by atoms with Crippen molar-refractivity contribution in [3.8, 4) is 5.75 Å². The average molecular weight is 305 g/mol. The Balaban J connectivity index is 2.15. The maximum Gasteiger partial charge on any atom is 0.339 e. The van der Waals surface area contributed by atoms with Crippen LogP contribution >= 0.6 is 0 Å². The molecule has 5 nitrogen and oxygen atoms in total. The normalized spacial score (nSPS) is 11.1. The van der Waals surface area contributed by atoms with Crippen LogP contribution in [0, 0.1) is 0 Å². The van der Waals surface area contributed by atoms with Crippen molar-refractivity contribution < 1.29 is 17.4 Å². The molecule has 0 atom stereocenters. The Kier molecular flexibility index (Phi) is 4.72. The third-order valence-corrected chi connectivity index (χ3v) is 4.01.